The van der Waals surface area contributed by atoms with Gasteiger partial charge in [-0.05, 0) is 55.7 Å². The van der Waals surface area contributed by atoms with Gasteiger partial charge in [-0.3, -0.25) is 14.9 Å². The lowest BCUT2D eigenvalue weighted by atomic mass is 9.89. The van der Waals surface area contributed by atoms with Crippen molar-refractivity contribution < 1.29 is 14.5 Å². The highest BCUT2D eigenvalue weighted by Crippen LogP contribution is 2.33. The van der Waals surface area contributed by atoms with E-state index in [4.69, 9.17) is 4.74 Å². The number of nitrogens with zero attached hydrogens (tertiary/aromatic N) is 1. The zero-order valence-corrected chi connectivity index (χ0v) is 18.3. The predicted molar refractivity (Wildman–Crippen MR) is 124 cm³/mol. The standard InChI is InChI=1S/C25H29N3O4/c1-25(12-5-13-32-25)17-27-24(29)14-19(9-8-18-6-3-2-4-7-18)22-16-26-23-11-10-20(28(30)31)15-21(22)23/h2-4,6-7,10-11,15-16,19,26H,5,8-9,12-14,17H2,1H3,(H,27,29)/t19-,25-/m0/s1. The number of carbonyl (C=O) groups excluding carboxylic acids is 1. The third-order valence-electron chi connectivity index (χ3n) is 6.36. The largest absolute Gasteiger partial charge is 0.373 e. The number of nitro benzene ring substituents is 1. The highest BCUT2D eigenvalue weighted by Gasteiger charge is 2.30. The molecule has 2 N–H and O–H groups in total. The van der Waals surface area contributed by atoms with Gasteiger partial charge in [-0.15, -0.1) is 0 Å². The minimum Gasteiger partial charge on any atom is -0.373 e. The Hall–Kier alpha value is -3.19. The fourth-order valence-electron chi connectivity index (χ4n) is 4.49. The second kappa shape index (κ2) is 9.53. The molecule has 168 valence electrons. The third-order valence-corrected chi connectivity index (χ3v) is 6.36. The Balaban J connectivity index is 1.54. The molecule has 1 saturated heterocycles. The Bertz CT molecular complexity index is 1090. The van der Waals surface area contributed by atoms with E-state index < -0.39 is 0 Å². The summed E-state index contributed by atoms with van der Waals surface area (Å²) in [5.41, 5.74) is 2.74. The lowest BCUT2D eigenvalue weighted by molar-refractivity contribution is -0.384. The first kappa shape index (κ1) is 22.0. The molecule has 2 heterocycles. The fourth-order valence-corrected chi connectivity index (χ4v) is 4.49. The molecule has 7 nitrogen and oxygen atoms in total. The number of non-ortho nitro benzene ring substituents is 1. The Labute approximate surface area is 187 Å². The van der Waals surface area contributed by atoms with Crippen LogP contribution in [0.25, 0.3) is 10.9 Å². The summed E-state index contributed by atoms with van der Waals surface area (Å²) in [4.78, 5) is 27.0. The number of aromatic nitrogens is 1. The Morgan fingerprint density at radius 2 is 2.09 bits per heavy atom. The van der Waals surface area contributed by atoms with Crippen LogP contribution in [0.5, 0.6) is 0 Å². The summed E-state index contributed by atoms with van der Waals surface area (Å²) in [6, 6.07) is 15.0. The fraction of sp³-hybridized carbons (Fsp3) is 0.400. The van der Waals surface area contributed by atoms with Crippen LogP contribution in [0, 0.1) is 10.1 Å². The van der Waals surface area contributed by atoms with Gasteiger partial charge in [-0.1, -0.05) is 30.3 Å². The molecular weight excluding hydrogens is 406 g/mol. The molecule has 2 atom stereocenters. The summed E-state index contributed by atoms with van der Waals surface area (Å²) in [6.45, 7) is 3.27. The Morgan fingerprint density at radius 1 is 1.28 bits per heavy atom. The summed E-state index contributed by atoms with van der Waals surface area (Å²) in [6.07, 6.45) is 5.75. The van der Waals surface area contributed by atoms with E-state index in [0.29, 0.717) is 13.0 Å². The summed E-state index contributed by atoms with van der Waals surface area (Å²) < 4.78 is 5.78. The number of aryl methyl sites for hydroxylation is 1. The number of ether oxygens (including phenoxy) is 1. The van der Waals surface area contributed by atoms with Gasteiger partial charge in [0.1, 0.15) is 0 Å². The number of carbonyl (C=O) groups is 1. The van der Waals surface area contributed by atoms with Gasteiger partial charge in [0.2, 0.25) is 5.91 Å². The van der Waals surface area contributed by atoms with E-state index >= 15 is 0 Å². The quantitative estimate of drug-likeness (QED) is 0.370. The summed E-state index contributed by atoms with van der Waals surface area (Å²) in [5, 5.41) is 15.1. The van der Waals surface area contributed by atoms with Crippen molar-refractivity contribution in [3.8, 4) is 0 Å². The number of benzene rings is 2. The average Bonchev–Trinajstić information content (AvgIpc) is 3.42. The van der Waals surface area contributed by atoms with Crippen LogP contribution in [0.15, 0.2) is 54.7 Å². The van der Waals surface area contributed by atoms with Crippen LogP contribution in [-0.2, 0) is 16.0 Å². The van der Waals surface area contributed by atoms with Crippen LogP contribution in [0.2, 0.25) is 0 Å². The number of amides is 1. The highest BCUT2D eigenvalue weighted by molar-refractivity contribution is 5.87. The lowest BCUT2D eigenvalue weighted by Gasteiger charge is -2.24. The zero-order valence-electron chi connectivity index (χ0n) is 18.3. The smallest absolute Gasteiger partial charge is 0.270 e. The molecular formula is C25H29N3O4. The molecule has 0 aliphatic carbocycles. The van der Waals surface area contributed by atoms with Crippen LogP contribution < -0.4 is 5.32 Å². The van der Waals surface area contributed by atoms with E-state index in [2.05, 4.69) is 22.4 Å². The molecule has 1 aromatic heterocycles. The van der Waals surface area contributed by atoms with E-state index in [-0.39, 0.29) is 28.0 Å². The SMILES string of the molecule is C[C@@]1(CNC(=O)C[C@H](CCc2ccccc2)c2c[nH]c3ccc([N+](=O)[O-])cc23)CCCO1. The number of H-pyrrole nitrogens is 1. The van der Waals surface area contributed by atoms with E-state index in [1.807, 2.05) is 31.3 Å². The topological polar surface area (TPSA) is 97.3 Å². The van der Waals surface area contributed by atoms with Crippen molar-refractivity contribution in [1.29, 1.82) is 0 Å². The zero-order chi connectivity index (χ0) is 22.6. The lowest BCUT2D eigenvalue weighted by Crippen LogP contribution is -2.40. The van der Waals surface area contributed by atoms with Gasteiger partial charge in [0.05, 0.1) is 10.5 Å². The van der Waals surface area contributed by atoms with Gasteiger partial charge in [-0.25, -0.2) is 0 Å². The second-order valence-electron chi connectivity index (χ2n) is 8.83. The van der Waals surface area contributed by atoms with Gasteiger partial charge in [0.15, 0.2) is 0 Å². The second-order valence-corrected chi connectivity index (χ2v) is 8.83. The van der Waals surface area contributed by atoms with Crippen molar-refractivity contribution in [2.75, 3.05) is 13.2 Å². The van der Waals surface area contributed by atoms with Gasteiger partial charge >= 0.3 is 0 Å². The molecule has 4 rings (SSSR count). The number of aromatic amines is 1. The van der Waals surface area contributed by atoms with Crippen molar-refractivity contribution in [2.45, 2.75) is 50.5 Å². The molecule has 0 saturated carbocycles. The molecule has 1 amide bonds. The molecule has 0 bridgehead atoms. The molecule has 1 fully saturated rings. The number of nitro groups is 1. The molecule has 0 spiro atoms. The molecule has 2 aromatic carbocycles. The molecule has 1 aliphatic heterocycles. The summed E-state index contributed by atoms with van der Waals surface area (Å²) in [7, 11) is 0. The van der Waals surface area contributed by atoms with Crippen LogP contribution >= 0.6 is 0 Å². The molecule has 1 aliphatic rings. The number of nitrogens with one attached hydrogen (secondary N) is 2. The average molecular weight is 436 g/mol. The molecule has 32 heavy (non-hydrogen) atoms. The third kappa shape index (κ3) is 5.16. The van der Waals surface area contributed by atoms with Crippen molar-refractivity contribution in [2.24, 2.45) is 0 Å². The van der Waals surface area contributed by atoms with Gasteiger partial charge in [0, 0.05) is 48.8 Å². The van der Waals surface area contributed by atoms with Crippen molar-refractivity contribution in [3.63, 3.8) is 0 Å². The van der Waals surface area contributed by atoms with Gasteiger partial charge in [0.25, 0.3) is 5.69 Å². The number of hydrogen-bond acceptors (Lipinski definition) is 4. The predicted octanol–water partition coefficient (Wildman–Crippen LogP) is 4.87. The maximum atomic E-state index is 12.9. The monoisotopic (exact) mass is 435 g/mol. The molecule has 0 radical (unpaired) electrons. The van der Waals surface area contributed by atoms with Crippen molar-refractivity contribution >= 4 is 22.5 Å². The van der Waals surface area contributed by atoms with Gasteiger partial charge in [-0.2, -0.15) is 0 Å². The van der Waals surface area contributed by atoms with Crippen LogP contribution in [-0.4, -0.2) is 34.6 Å². The Kier molecular flexibility index (Phi) is 6.55. The van der Waals surface area contributed by atoms with E-state index in [0.717, 1.165) is 48.8 Å². The first-order valence-corrected chi connectivity index (χ1v) is 11.1. The summed E-state index contributed by atoms with van der Waals surface area (Å²) >= 11 is 0. The summed E-state index contributed by atoms with van der Waals surface area (Å²) in [5.74, 6) is -0.0946. The van der Waals surface area contributed by atoms with Gasteiger partial charge < -0.3 is 15.0 Å². The maximum absolute atomic E-state index is 12.9. The minimum atomic E-state index is -0.385. The van der Waals surface area contributed by atoms with Crippen molar-refractivity contribution in [1.82, 2.24) is 10.3 Å². The highest BCUT2D eigenvalue weighted by atomic mass is 16.6. The van der Waals surface area contributed by atoms with E-state index in [1.54, 1.807) is 12.1 Å². The Morgan fingerprint density at radius 3 is 2.81 bits per heavy atom. The minimum absolute atomic E-state index is 0.0282. The van der Waals surface area contributed by atoms with E-state index in [1.165, 1.54) is 11.6 Å². The number of hydrogen-bond donors (Lipinski definition) is 2. The number of fused-ring (bicyclic) bond motifs is 1. The van der Waals surface area contributed by atoms with Crippen LogP contribution in [0.4, 0.5) is 5.69 Å². The maximum Gasteiger partial charge on any atom is 0.270 e. The normalized spacial score (nSPS) is 19.2. The molecule has 3 aromatic rings. The van der Waals surface area contributed by atoms with Crippen LogP contribution in [0.1, 0.15) is 49.7 Å². The first-order chi connectivity index (χ1) is 15.4. The van der Waals surface area contributed by atoms with Crippen molar-refractivity contribution in [3.05, 3.63) is 76.0 Å². The molecule has 0 unspecified atom stereocenters. The number of rotatable bonds is 9. The first-order valence-electron chi connectivity index (χ1n) is 11.1. The van der Waals surface area contributed by atoms with E-state index in [9.17, 15) is 14.9 Å². The molecule has 7 heteroatoms. The van der Waals surface area contributed by atoms with Crippen LogP contribution in [0.3, 0.4) is 0 Å².